The minimum atomic E-state index is -3.24. The van der Waals surface area contributed by atoms with Crippen molar-refractivity contribution in [3.8, 4) is 23.6 Å². The van der Waals surface area contributed by atoms with Crippen LogP contribution in [-0.2, 0) is 33.6 Å². The fraction of sp³-hybridized carbons (Fsp3) is 0.557. The monoisotopic (exact) mass is 1530 g/mol. The Morgan fingerprint density at radius 3 is 1.13 bits per heavy atom. The largest absolute Gasteiger partial charge is 0.494 e. The summed E-state index contributed by atoms with van der Waals surface area (Å²) in [5.41, 5.74) is 1.04. The maximum Gasteiger partial charge on any atom is 0.317 e. The maximum atomic E-state index is 14.8. The molecule has 590 valence electrons. The van der Waals surface area contributed by atoms with Gasteiger partial charge in [0.1, 0.15) is 23.6 Å². The highest BCUT2D eigenvalue weighted by atomic mass is 19.3. The number of halogens is 4. The number of carbonyl (C=O) groups excluding carboxylic acids is 7. The number of likely N-dealkylation sites (tertiary alicyclic amines) is 2. The first-order valence-electron chi connectivity index (χ1n) is 35.6. The summed E-state index contributed by atoms with van der Waals surface area (Å²) < 4.78 is 68.2. The average Bonchev–Trinajstić information content (AvgIpc) is 1.79. The summed E-state index contributed by atoms with van der Waals surface area (Å²) >= 11 is 0. The first-order chi connectivity index (χ1) is 52.1. The second-order valence-electron chi connectivity index (χ2n) is 26.8. The van der Waals surface area contributed by atoms with Crippen LogP contribution in [0.25, 0.3) is 21.8 Å². The van der Waals surface area contributed by atoms with E-state index in [2.05, 4.69) is 31.2 Å². The summed E-state index contributed by atoms with van der Waals surface area (Å²) in [4.78, 5) is 167. The van der Waals surface area contributed by atoms with E-state index in [-0.39, 0.29) is 155 Å². The summed E-state index contributed by atoms with van der Waals surface area (Å²) in [7, 11) is 0. The fourth-order valence-corrected chi connectivity index (χ4v) is 12.9. The second kappa shape index (κ2) is 40.4. The van der Waals surface area contributed by atoms with Gasteiger partial charge in [-0.05, 0) is 74.2 Å². The minimum Gasteiger partial charge on any atom is -0.494 e. The third-order valence-corrected chi connectivity index (χ3v) is 18.7. The smallest absolute Gasteiger partial charge is 0.317 e. The van der Waals surface area contributed by atoms with Gasteiger partial charge in [-0.2, -0.15) is 10.5 Å². The standard InChI is InChI=1S/C70H90F4N18O17/c71-69(72)35-48(37-75)91(46-69)58(93)39-81-65(104)52-9-13-77-56-7-5-50(33-54(52)56)108-31-3-1-11-79-67(106)89-26-24-87(45-64(102)103)23-25-88(60(95)41-83-15-17-84(42-61(96)97)19-21-86(44-63(100)101)22-20-85(18-16-83)43-62(98)99)27-28-90(30-29-89)68(107)80-12-2-4-32-109-51-6-8-57-55(34-51)53(10-14-78-57)66(105)82-40-59(94)92-47-70(73,74)36-49(92)38-76/h5-10,13-14,33-34,48-49H,1-4,11-12,15-32,35-36,39-47H2,(H,79,106)(H,80,107)(H,81,104)(H,82,105)(H,96,97)(H,98,99)(H,100,101)(H,102,103)/t48-,49-/m0/s1. The van der Waals surface area contributed by atoms with Crippen LogP contribution < -0.4 is 30.7 Å². The number of pyridine rings is 2. The van der Waals surface area contributed by atoms with E-state index in [9.17, 15) is 101 Å². The number of aliphatic carboxylic acids is 4. The Bertz CT molecular complexity index is 3970. The van der Waals surface area contributed by atoms with Crippen molar-refractivity contribution in [2.24, 2.45) is 0 Å². The highest BCUT2D eigenvalue weighted by Crippen LogP contribution is 2.33. The van der Waals surface area contributed by atoms with Gasteiger partial charge >= 0.3 is 35.9 Å². The van der Waals surface area contributed by atoms with Crippen molar-refractivity contribution in [3.63, 3.8) is 0 Å². The molecule has 4 aromatic rings. The molecule has 8 rings (SSSR count). The summed E-state index contributed by atoms with van der Waals surface area (Å²) in [6, 6.07) is 12.1. The van der Waals surface area contributed by atoms with Crippen LogP contribution in [0.5, 0.6) is 11.5 Å². The number of fused-ring (bicyclic) bond motifs is 2. The molecule has 2 aromatic heterocycles. The Balaban J connectivity index is 0.906. The van der Waals surface area contributed by atoms with E-state index in [1.165, 1.54) is 39.2 Å². The second-order valence-corrected chi connectivity index (χ2v) is 26.8. The number of carbonyl (C=O) groups is 11. The number of nitriles is 2. The minimum absolute atomic E-state index is 0.00172. The SMILES string of the molecule is N#C[C@@H]1CC(F)(F)CN1C(=O)CNC(=O)c1ccnc2ccc(OCCCCNC(=O)N3CCN(CC(=O)O)CCN(C(=O)CN4CCN(CC(=O)O)CCN(CC(=O)O)CCN(CC(=O)O)CC4)CCN(C(=O)NCCCCOc4ccc5nccc(C(=O)NCC(=O)N6CC(F)(F)C[C@H]6C#N)c5c4)CC3)cc12. The lowest BCUT2D eigenvalue weighted by molar-refractivity contribution is -0.141. The molecule has 0 aliphatic carbocycles. The first-order valence-corrected chi connectivity index (χ1v) is 35.6. The van der Waals surface area contributed by atoms with Crippen molar-refractivity contribution >= 4 is 87.3 Å². The number of urea groups is 2. The number of amides is 9. The number of unbranched alkanes of at least 4 members (excludes halogenated alkanes) is 2. The van der Waals surface area contributed by atoms with Gasteiger partial charge in [-0.3, -0.25) is 77.6 Å². The normalized spacial score (nSPS) is 18.9. The van der Waals surface area contributed by atoms with Crippen molar-refractivity contribution in [3.05, 3.63) is 72.1 Å². The van der Waals surface area contributed by atoms with Gasteiger partial charge in [0, 0.05) is 154 Å². The molecule has 109 heavy (non-hydrogen) atoms. The maximum absolute atomic E-state index is 14.8. The van der Waals surface area contributed by atoms with Gasteiger partial charge in [0.25, 0.3) is 23.7 Å². The molecule has 8 N–H and O–H groups in total. The van der Waals surface area contributed by atoms with Crippen LogP contribution in [0.2, 0.25) is 0 Å². The number of alkyl halides is 4. The van der Waals surface area contributed by atoms with Crippen LogP contribution in [0, 0.1) is 22.7 Å². The molecule has 0 bridgehead atoms. The third kappa shape index (κ3) is 26.2. The highest BCUT2D eigenvalue weighted by molar-refractivity contribution is 6.08. The molecule has 0 radical (unpaired) electrons. The number of nitrogens with zero attached hydrogens (tertiary/aromatic N) is 14. The first kappa shape index (κ1) is 83.8. The quantitative estimate of drug-likeness (QED) is 0.0284. The average molecular weight is 1530 g/mol. The van der Waals surface area contributed by atoms with Crippen molar-refractivity contribution in [1.82, 2.24) is 80.2 Å². The molecule has 0 saturated carbocycles. The molecular formula is C70H90F4N18O17. The zero-order valence-corrected chi connectivity index (χ0v) is 60.0. The van der Waals surface area contributed by atoms with Crippen molar-refractivity contribution in [2.45, 2.75) is 62.5 Å². The molecule has 0 spiro atoms. The molecule has 6 heterocycles. The number of rotatable bonds is 28. The summed E-state index contributed by atoms with van der Waals surface area (Å²) in [5, 5.41) is 69.4. The number of aromatic nitrogens is 2. The summed E-state index contributed by atoms with van der Waals surface area (Å²) in [6.07, 6.45) is 2.74. The van der Waals surface area contributed by atoms with Crippen LogP contribution in [0.4, 0.5) is 27.2 Å². The number of benzene rings is 2. The summed E-state index contributed by atoms with van der Waals surface area (Å²) in [5.74, 6) is -13.9. The van der Waals surface area contributed by atoms with Crippen molar-refractivity contribution < 1.29 is 100 Å². The molecule has 4 aliphatic rings. The lowest BCUT2D eigenvalue weighted by Crippen LogP contribution is -2.54. The Morgan fingerprint density at radius 2 is 0.771 bits per heavy atom. The molecule has 0 unspecified atom stereocenters. The fourth-order valence-electron chi connectivity index (χ4n) is 12.9. The van der Waals surface area contributed by atoms with Crippen LogP contribution >= 0.6 is 0 Å². The lowest BCUT2D eigenvalue weighted by atomic mass is 10.1. The topological polar surface area (TPSA) is 441 Å². The summed E-state index contributed by atoms with van der Waals surface area (Å²) in [6.45, 7) is -3.84. The third-order valence-electron chi connectivity index (χ3n) is 18.7. The van der Waals surface area contributed by atoms with Crippen LogP contribution in [-0.4, -0.2) is 359 Å². The predicted molar refractivity (Wildman–Crippen MR) is 378 cm³/mol. The number of carboxylic acids is 4. The van der Waals surface area contributed by atoms with Crippen molar-refractivity contribution in [1.29, 1.82) is 10.5 Å². The van der Waals surface area contributed by atoms with Gasteiger partial charge in [0.2, 0.25) is 17.7 Å². The molecule has 2 atom stereocenters. The van der Waals surface area contributed by atoms with E-state index in [4.69, 9.17) is 9.47 Å². The highest BCUT2D eigenvalue weighted by Gasteiger charge is 2.48. The van der Waals surface area contributed by atoms with Gasteiger partial charge in [0.05, 0.1) is 106 Å². The van der Waals surface area contributed by atoms with Gasteiger partial charge in [-0.1, -0.05) is 0 Å². The Labute approximate surface area is 624 Å². The number of carboxylic acid groups (broad SMARTS) is 4. The van der Waals surface area contributed by atoms with E-state index in [1.54, 1.807) is 73.0 Å². The number of nitrogens with one attached hydrogen (secondary N) is 4. The number of ether oxygens (including phenoxy) is 2. The van der Waals surface area contributed by atoms with Gasteiger partial charge in [-0.25, -0.2) is 27.2 Å². The van der Waals surface area contributed by atoms with E-state index in [0.717, 1.165) is 9.80 Å². The zero-order valence-electron chi connectivity index (χ0n) is 60.0. The molecule has 2 aromatic carbocycles. The van der Waals surface area contributed by atoms with E-state index >= 15 is 0 Å². The predicted octanol–water partition coefficient (Wildman–Crippen LogP) is 0.508. The molecular weight excluding hydrogens is 1440 g/mol. The molecule has 35 nitrogen and oxygen atoms in total. The lowest BCUT2D eigenvalue weighted by Gasteiger charge is -2.35. The van der Waals surface area contributed by atoms with Crippen LogP contribution in [0.1, 0.15) is 59.2 Å². The Hall–Kier alpha value is -10.9. The van der Waals surface area contributed by atoms with Crippen LogP contribution in [0.3, 0.4) is 0 Å². The van der Waals surface area contributed by atoms with Crippen LogP contribution in [0.15, 0.2) is 60.9 Å². The molecule has 4 saturated heterocycles. The molecule has 4 fully saturated rings. The Kier molecular flexibility index (Phi) is 31.0. The number of hydrogen-bond donors (Lipinski definition) is 8. The van der Waals surface area contributed by atoms with Gasteiger partial charge < -0.3 is 75.7 Å². The van der Waals surface area contributed by atoms with E-state index < -0.39 is 148 Å². The zero-order chi connectivity index (χ0) is 78.8. The van der Waals surface area contributed by atoms with Gasteiger partial charge in [-0.15, -0.1) is 0 Å². The molecule has 39 heteroatoms. The Morgan fingerprint density at radius 1 is 0.440 bits per heavy atom. The molecule has 9 amide bonds. The van der Waals surface area contributed by atoms with E-state index in [0.29, 0.717) is 59.0 Å². The molecule has 4 aliphatic heterocycles. The van der Waals surface area contributed by atoms with Gasteiger partial charge in [0.15, 0.2) is 0 Å². The van der Waals surface area contributed by atoms with E-state index in [1.807, 2.05) is 0 Å². The van der Waals surface area contributed by atoms with Crippen molar-refractivity contribution in [2.75, 3.05) is 190 Å². The number of hydrogen-bond acceptors (Lipinski definition) is 22.